The topological polar surface area (TPSA) is 67.2 Å². The lowest BCUT2D eigenvalue weighted by Crippen LogP contribution is -2.37. The second kappa shape index (κ2) is 8.44. The minimum absolute atomic E-state index is 0.0164. The Bertz CT molecular complexity index is 1200. The number of aryl methyl sites for hydroxylation is 1. The van der Waals surface area contributed by atoms with Crippen molar-refractivity contribution in [2.45, 2.75) is 38.3 Å². The maximum atomic E-state index is 13.0. The van der Waals surface area contributed by atoms with E-state index in [4.69, 9.17) is 11.6 Å². The largest absolute Gasteiger partial charge is 0.350 e. The Morgan fingerprint density at radius 2 is 1.90 bits per heavy atom. The van der Waals surface area contributed by atoms with Crippen LogP contribution in [0.2, 0.25) is 5.02 Å². The summed E-state index contributed by atoms with van der Waals surface area (Å²) in [7, 11) is 0. The standard InChI is InChI=1S/C24H25ClN4O2/c25-19-7-2-1-6-17(19)21(28-11-3-4-12-28)15-26-23(30)16-9-10-18-20(14-16)27-22-8-5-13-29(22)24(18)31/h1-2,6-7,9-10,14,21H,3-5,8,11-13,15H2,(H,26,30)/t21-/m0/s1. The van der Waals surface area contributed by atoms with Crippen molar-refractivity contribution in [2.24, 2.45) is 0 Å². The summed E-state index contributed by atoms with van der Waals surface area (Å²) in [6, 6.07) is 13.0. The van der Waals surface area contributed by atoms with E-state index in [1.165, 1.54) is 0 Å². The van der Waals surface area contributed by atoms with Gasteiger partial charge >= 0.3 is 0 Å². The van der Waals surface area contributed by atoms with E-state index in [1.54, 1.807) is 22.8 Å². The van der Waals surface area contributed by atoms with E-state index >= 15 is 0 Å². The summed E-state index contributed by atoms with van der Waals surface area (Å²) in [6.45, 7) is 3.20. The highest BCUT2D eigenvalue weighted by Gasteiger charge is 2.26. The molecule has 6 nitrogen and oxygen atoms in total. The Balaban J connectivity index is 1.38. The number of carbonyl (C=O) groups is 1. The highest BCUT2D eigenvalue weighted by molar-refractivity contribution is 6.31. The molecule has 0 aliphatic carbocycles. The zero-order valence-corrected chi connectivity index (χ0v) is 18.1. The number of hydrogen-bond acceptors (Lipinski definition) is 4. The molecule has 0 spiro atoms. The highest BCUT2D eigenvalue weighted by atomic mass is 35.5. The predicted octanol–water partition coefficient (Wildman–Crippen LogP) is 3.56. The fourth-order valence-corrected chi connectivity index (χ4v) is 5.01. The lowest BCUT2D eigenvalue weighted by molar-refractivity contribution is 0.0938. The normalized spacial score (nSPS) is 17.1. The minimum Gasteiger partial charge on any atom is -0.350 e. The van der Waals surface area contributed by atoms with Crippen LogP contribution in [0.1, 0.15) is 47.1 Å². The van der Waals surface area contributed by atoms with Gasteiger partial charge in [0.25, 0.3) is 11.5 Å². The molecule has 3 aromatic rings. The maximum Gasteiger partial charge on any atom is 0.261 e. The van der Waals surface area contributed by atoms with E-state index in [9.17, 15) is 9.59 Å². The molecule has 2 aliphatic rings. The van der Waals surface area contributed by atoms with E-state index in [0.29, 0.717) is 23.0 Å². The summed E-state index contributed by atoms with van der Waals surface area (Å²) in [6.07, 6.45) is 4.05. The van der Waals surface area contributed by atoms with Gasteiger partial charge in [-0.2, -0.15) is 0 Å². The first-order valence-electron chi connectivity index (χ1n) is 10.9. The van der Waals surface area contributed by atoms with Crippen LogP contribution in [0.25, 0.3) is 10.9 Å². The molecule has 0 saturated carbocycles. The van der Waals surface area contributed by atoms with Gasteiger partial charge in [0.2, 0.25) is 0 Å². The van der Waals surface area contributed by atoms with Crippen molar-refractivity contribution in [3.8, 4) is 0 Å². The number of benzene rings is 2. The summed E-state index contributed by atoms with van der Waals surface area (Å²) < 4.78 is 1.74. The van der Waals surface area contributed by atoms with Gasteiger partial charge in [0.1, 0.15) is 5.82 Å². The number of nitrogens with zero attached hydrogens (tertiary/aromatic N) is 3. The molecule has 1 N–H and O–H groups in total. The fraction of sp³-hybridized carbons (Fsp3) is 0.375. The Kier molecular flexibility index (Phi) is 5.50. The molecule has 1 amide bonds. The first-order valence-corrected chi connectivity index (χ1v) is 11.3. The third-order valence-electron chi connectivity index (χ3n) is 6.38. The maximum absolute atomic E-state index is 13.0. The number of aromatic nitrogens is 2. The SMILES string of the molecule is O=C(NC[C@@H](c1ccccc1Cl)N1CCCC1)c1ccc2c(=O)n3c(nc2c1)CCC3. The minimum atomic E-state index is -0.166. The van der Waals surface area contributed by atoms with Crippen molar-refractivity contribution < 1.29 is 4.79 Å². The van der Waals surface area contributed by atoms with Crippen LogP contribution >= 0.6 is 11.6 Å². The van der Waals surface area contributed by atoms with E-state index < -0.39 is 0 Å². The van der Waals surface area contributed by atoms with Crippen LogP contribution in [0.4, 0.5) is 0 Å². The highest BCUT2D eigenvalue weighted by Crippen LogP contribution is 2.29. The average Bonchev–Trinajstić information content (AvgIpc) is 3.47. The van der Waals surface area contributed by atoms with Crippen molar-refractivity contribution in [2.75, 3.05) is 19.6 Å². The quantitative estimate of drug-likeness (QED) is 0.664. The molecule has 2 aromatic carbocycles. The van der Waals surface area contributed by atoms with E-state index in [1.807, 2.05) is 24.3 Å². The molecule has 0 radical (unpaired) electrons. The molecule has 3 heterocycles. The van der Waals surface area contributed by atoms with Crippen LogP contribution in [-0.4, -0.2) is 40.0 Å². The summed E-state index contributed by atoms with van der Waals surface area (Å²) in [4.78, 5) is 32.6. The van der Waals surface area contributed by atoms with Gasteiger partial charge in [-0.05, 0) is 62.2 Å². The number of hydrogen-bond donors (Lipinski definition) is 1. The first-order chi connectivity index (χ1) is 15.1. The van der Waals surface area contributed by atoms with Crippen LogP contribution < -0.4 is 10.9 Å². The molecular formula is C24H25ClN4O2. The zero-order valence-electron chi connectivity index (χ0n) is 17.3. The van der Waals surface area contributed by atoms with Crippen LogP contribution in [0, 0.1) is 0 Å². The van der Waals surface area contributed by atoms with Gasteiger partial charge in [0, 0.05) is 30.1 Å². The molecule has 1 aromatic heterocycles. The van der Waals surface area contributed by atoms with Crippen molar-refractivity contribution in [3.05, 3.63) is 74.8 Å². The molecule has 2 aliphatic heterocycles. The summed E-state index contributed by atoms with van der Waals surface area (Å²) in [5, 5.41) is 4.37. The van der Waals surface area contributed by atoms with Gasteiger partial charge in [-0.1, -0.05) is 29.8 Å². The van der Waals surface area contributed by atoms with Crippen LogP contribution in [0.5, 0.6) is 0 Å². The van der Waals surface area contributed by atoms with Gasteiger partial charge in [-0.25, -0.2) is 4.98 Å². The summed E-state index contributed by atoms with van der Waals surface area (Å²) in [5.74, 6) is 0.642. The number of rotatable bonds is 5. The monoisotopic (exact) mass is 436 g/mol. The molecule has 31 heavy (non-hydrogen) atoms. The van der Waals surface area contributed by atoms with Gasteiger partial charge in [-0.15, -0.1) is 0 Å². The molecule has 7 heteroatoms. The van der Waals surface area contributed by atoms with Crippen molar-refractivity contribution in [1.29, 1.82) is 0 Å². The fourth-order valence-electron chi connectivity index (χ4n) is 4.75. The molecular weight excluding hydrogens is 412 g/mol. The predicted molar refractivity (Wildman–Crippen MR) is 122 cm³/mol. The lowest BCUT2D eigenvalue weighted by Gasteiger charge is -2.29. The third kappa shape index (κ3) is 3.86. The first kappa shape index (κ1) is 20.2. The Morgan fingerprint density at radius 3 is 2.71 bits per heavy atom. The summed E-state index contributed by atoms with van der Waals surface area (Å²) >= 11 is 6.48. The van der Waals surface area contributed by atoms with E-state index in [2.05, 4.69) is 15.2 Å². The second-order valence-corrected chi connectivity index (χ2v) is 8.72. The molecule has 5 rings (SSSR count). The van der Waals surface area contributed by atoms with Gasteiger partial charge in [-0.3, -0.25) is 19.1 Å². The molecule has 1 atom stereocenters. The third-order valence-corrected chi connectivity index (χ3v) is 6.72. The lowest BCUT2D eigenvalue weighted by atomic mass is 10.0. The van der Waals surface area contributed by atoms with Crippen molar-refractivity contribution in [1.82, 2.24) is 19.8 Å². The second-order valence-electron chi connectivity index (χ2n) is 8.31. The Labute approximate surface area is 185 Å². The Hall–Kier alpha value is -2.70. The number of nitrogens with one attached hydrogen (secondary N) is 1. The number of halogens is 1. The van der Waals surface area contributed by atoms with Crippen LogP contribution in [0.15, 0.2) is 47.3 Å². The number of amides is 1. The number of likely N-dealkylation sites (tertiary alicyclic amines) is 1. The van der Waals surface area contributed by atoms with Crippen LogP contribution in [0.3, 0.4) is 0 Å². The van der Waals surface area contributed by atoms with E-state index in [-0.39, 0.29) is 17.5 Å². The number of carbonyl (C=O) groups excluding carboxylic acids is 1. The number of fused-ring (bicyclic) bond motifs is 2. The molecule has 0 unspecified atom stereocenters. The van der Waals surface area contributed by atoms with Crippen LogP contribution in [-0.2, 0) is 13.0 Å². The smallest absolute Gasteiger partial charge is 0.261 e. The zero-order chi connectivity index (χ0) is 21.4. The summed E-state index contributed by atoms with van der Waals surface area (Å²) in [5.41, 5.74) is 2.13. The van der Waals surface area contributed by atoms with Crippen molar-refractivity contribution >= 4 is 28.4 Å². The Morgan fingerprint density at radius 1 is 1.10 bits per heavy atom. The van der Waals surface area contributed by atoms with Gasteiger partial charge < -0.3 is 5.32 Å². The van der Waals surface area contributed by atoms with Gasteiger partial charge in [0.05, 0.1) is 16.9 Å². The molecule has 160 valence electrons. The van der Waals surface area contributed by atoms with Gasteiger partial charge in [0.15, 0.2) is 0 Å². The van der Waals surface area contributed by atoms with Crippen molar-refractivity contribution in [3.63, 3.8) is 0 Å². The molecule has 0 bridgehead atoms. The molecule has 1 fully saturated rings. The molecule has 1 saturated heterocycles. The van der Waals surface area contributed by atoms with E-state index in [0.717, 1.165) is 61.7 Å². The average molecular weight is 437 g/mol.